The molecule has 1 N–H and O–H groups in total. The smallest absolute Gasteiger partial charge is 0.309 e. The number of para-hydroxylation sites is 1. The number of halogens is 1. The summed E-state index contributed by atoms with van der Waals surface area (Å²) in [6, 6.07) is 4.76. The van der Waals surface area contributed by atoms with Crippen molar-refractivity contribution in [2.45, 2.75) is 20.3 Å². The number of anilines is 1. The minimum absolute atomic E-state index is 0.299. The Morgan fingerprint density at radius 3 is 2.47 bits per heavy atom. The van der Waals surface area contributed by atoms with Crippen molar-refractivity contribution < 1.29 is 14.3 Å². The fourth-order valence-corrected chi connectivity index (χ4v) is 1.76. The van der Waals surface area contributed by atoms with Crippen LogP contribution >= 0.6 is 0 Å². The SMILES string of the molecule is CN(C)c1c(F)cccc1CC(C)(C)C(=O)O. The highest BCUT2D eigenvalue weighted by molar-refractivity contribution is 5.74. The number of rotatable bonds is 4. The quantitative estimate of drug-likeness (QED) is 0.877. The van der Waals surface area contributed by atoms with E-state index in [4.69, 9.17) is 5.11 Å². The van der Waals surface area contributed by atoms with Crippen LogP contribution < -0.4 is 4.90 Å². The van der Waals surface area contributed by atoms with Gasteiger partial charge in [0.1, 0.15) is 5.82 Å². The number of benzene rings is 1. The van der Waals surface area contributed by atoms with Crippen molar-refractivity contribution in [3.8, 4) is 0 Å². The lowest BCUT2D eigenvalue weighted by atomic mass is 9.85. The lowest BCUT2D eigenvalue weighted by Gasteiger charge is -2.24. The minimum Gasteiger partial charge on any atom is -0.481 e. The molecule has 0 bridgehead atoms. The van der Waals surface area contributed by atoms with E-state index in [1.807, 2.05) is 0 Å². The molecule has 0 fully saturated rings. The van der Waals surface area contributed by atoms with Crippen LogP contribution in [0.2, 0.25) is 0 Å². The largest absolute Gasteiger partial charge is 0.481 e. The van der Waals surface area contributed by atoms with Crippen LogP contribution in [0.5, 0.6) is 0 Å². The number of carboxylic acids is 1. The Hall–Kier alpha value is -1.58. The van der Waals surface area contributed by atoms with Gasteiger partial charge < -0.3 is 10.0 Å². The van der Waals surface area contributed by atoms with E-state index in [9.17, 15) is 9.18 Å². The molecular formula is C13H18FNO2. The van der Waals surface area contributed by atoms with Crippen molar-refractivity contribution in [1.29, 1.82) is 0 Å². The highest BCUT2D eigenvalue weighted by Gasteiger charge is 2.29. The monoisotopic (exact) mass is 239 g/mol. The zero-order valence-electron chi connectivity index (χ0n) is 10.6. The van der Waals surface area contributed by atoms with E-state index >= 15 is 0 Å². The summed E-state index contributed by atoms with van der Waals surface area (Å²) in [7, 11) is 3.49. The number of hydrogen-bond donors (Lipinski definition) is 1. The zero-order valence-corrected chi connectivity index (χ0v) is 10.6. The molecule has 0 heterocycles. The Morgan fingerprint density at radius 2 is 2.00 bits per heavy atom. The van der Waals surface area contributed by atoms with Crippen molar-refractivity contribution in [3.05, 3.63) is 29.6 Å². The van der Waals surface area contributed by atoms with E-state index < -0.39 is 11.4 Å². The van der Waals surface area contributed by atoms with Gasteiger partial charge in [-0.15, -0.1) is 0 Å². The highest BCUT2D eigenvalue weighted by atomic mass is 19.1. The molecule has 0 atom stereocenters. The van der Waals surface area contributed by atoms with Gasteiger partial charge in [0, 0.05) is 14.1 Å². The van der Waals surface area contributed by atoms with Gasteiger partial charge in [-0.1, -0.05) is 12.1 Å². The Kier molecular flexibility index (Phi) is 3.76. The van der Waals surface area contributed by atoms with Gasteiger partial charge in [0.05, 0.1) is 11.1 Å². The fourth-order valence-electron chi connectivity index (χ4n) is 1.76. The second-order valence-electron chi connectivity index (χ2n) is 5.01. The topological polar surface area (TPSA) is 40.5 Å². The molecule has 0 amide bonds. The summed E-state index contributed by atoms with van der Waals surface area (Å²) < 4.78 is 13.7. The van der Waals surface area contributed by atoms with Crippen LogP contribution in [0.1, 0.15) is 19.4 Å². The molecular weight excluding hydrogens is 221 g/mol. The van der Waals surface area contributed by atoms with Gasteiger partial charge in [-0.05, 0) is 31.9 Å². The molecule has 1 aromatic carbocycles. The Morgan fingerprint density at radius 1 is 1.41 bits per heavy atom. The molecule has 3 nitrogen and oxygen atoms in total. The molecule has 1 rings (SSSR count). The van der Waals surface area contributed by atoms with Crippen molar-refractivity contribution in [2.24, 2.45) is 5.41 Å². The molecule has 17 heavy (non-hydrogen) atoms. The molecule has 0 unspecified atom stereocenters. The van der Waals surface area contributed by atoms with Crippen LogP contribution in [0.3, 0.4) is 0 Å². The molecule has 0 aromatic heterocycles. The molecule has 0 saturated carbocycles. The van der Waals surface area contributed by atoms with E-state index in [1.54, 1.807) is 45.0 Å². The lowest BCUT2D eigenvalue weighted by Crippen LogP contribution is -2.27. The molecule has 94 valence electrons. The summed E-state index contributed by atoms with van der Waals surface area (Å²) in [5.74, 6) is -1.21. The van der Waals surface area contributed by atoms with Crippen molar-refractivity contribution in [2.75, 3.05) is 19.0 Å². The van der Waals surface area contributed by atoms with Crippen LogP contribution in [-0.4, -0.2) is 25.2 Å². The Bertz CT molecular complexity index is 427. The third kappa shape index (κ3) is 2.96. The first-order valence-electron chi connectivity index (χ1n) is 5.44. The molecule has 0 radical (unpaired) electrons. The van der Waals surface area contributed by atoms with E-state index in [2.05, 4.69) is 0 Å². The van der Waals surface area contributed by atoms with Crippen molar-refractivity contribution in [3.63, 3.8) is 0 Å². The van der Waals surface area contributed by atoms with E-state index in [0.717, 1.165) is 0 Å². The standard InChI is InChI=1S/C13H18FNO2/c1-13(2,12(16)17)8-9-6-5-7-10(14)11(9)15(3)4/h5-7H,8H2,1-4H3,(H,16,17). The van der Waals surface area contributed by atoms with Crippen LogP contribution in [0, 0.1) is 11.2 Å². The average Bonchev–Trinajstić information content (AvgIpc) is 2.15. The Labute approximate surface area is 101 Å². The van der Waals surface area contributed by atoms with Crippen molar-refractivity contribution >= 4 is 11.7 Å². The average molecular weight is 239 g/mol. The zero-order chi connectivity index (χ0) is 13.2. The molecule has 4 heteroatoms. The van der Waals surface area contributed by atoms with Crippen LogP contribution in [0.15, 0.2) is 18.2 Å². The van der Waals surface area contributed by atoms with Gasteiger partial charge in [-0.2, -0.15) is 0 Å². The van der Waals surface area contributed by atoms with Gasteiger partial charge in [0.15, 0.2) is 0 Å². The fraction of sp³-hybridized carbons (Fsp3) is 0.462. The number of hydrogen-bond acceptors (Lipinski definition) is 2. The van der Waals surface area contributed by atoms with Gasteiger partial charge in [-0.3, -0.25) is 4.79 Å². The summed E-state index contributed by atoms with van der Waals surface area (Å²) in [4.78, 5) is 12.8. The normalized spacial score (nSPS) is 11.4. The summed E-state index contributed by atoms with van der Waals surface area (Å²) in [5, 5.41) is 9.09. The van der Waals surface area contributed by atoms with Crippen LogP contribution in [0.25, 0.3) is 0 Å². The molecule has 0 aliphatic rings. The summed E-state index contributed by atoms with van der Waals surface area (Å²) in [6.45, 7) is 3.28. The maximum absolute atomic E-state index is 13.7. The first-order chi connectivity index (χ1) is 7.75. The number of carbonyl (C=O) groups is 1. The highest BCUT2D eigenvalue weighted by Crippen LogP contribution is 2.29. The second-order valence-corrected chi connectivity index (χ2v) is 5.01. The predicted molar refractivity (Wildman–Crippen MR) is 65.8 cm³/mol. The molecule has 0 saturated heterocycles. The maximum Gasteiger partial charge on any atom is 0.309 e. The van der Waals surface area contributed by atoms with Crippen LogP contribution in [0.4, 0.5) is 10.1 Å². The minimum atomic E-state index is -0.904. The third-order valence-electron chi connectivity index (χ3n) is 2.73. The number of aliphatic carboxylic acids is 1. The first kappa shape index (κ1) is 13.5. The molecule has 0 spiro atoms. The first-order valence-corrected chi connectivity index (χ1v) is 5.44. The molecule has 1 aromatic rings. The third-order valence-corrected chi connectivity index (χ3v) is 2.73. The van der Waals surface area contributed by atoms with Gasteiger partial charge in [0.25, 0.3) is 0 Å². The summed E-state index contributed by atoms with van der Waals surface area (Å²) in [5.41, 5.74) is 0.266. The van der Waals surface area contributed by atoms with Crippen LogP contribution in [-0.2, 0) is 11.2 Å². The maximum atomic E-state index is 13.7. The molecule has 0 aliphatic heterocycles. The molecule has 0 aliphatic carbocycles. The van der Waals surface area contributed by atoms with Gasteiger partial charge in [0.2, 0.25) is 0 Å². The number of carboxylic acid groups (broad SMARTS) is 1. The summed E-state index contributed by atoms with van der Waals surface area (Å²) in [6.07, 6.45) is 0.299. The van der Waals surface area contributed by atoms with E-state index in [0.29, 0.717) is 17.7 Å². The van der Waals surface area contributed by atoms with E-state index in [-0.39, 0.29) is 5.82 Å². The van der Waals surface area contributed by atoms with Gasteiger partial charge >= 0.3 is 5.97 Å². The Balaban J connectivity index is 3.15. The number of nitrogens with zero attached hydrogens (tertiary/aromatic N) is 1. The summed E-state index contributed by atoms with van der Waals surface area (Å²) >= 11 is 0. The second kappa shape index (κ2) is 4.73. The van der Waals surface area contributed by atoms with Gasteiger partial charge in [-0.25, -0.2) is 4.39 Å². The lowest BCUT2D eigenvalue weighted by molar-refractivity contribution is -0.146. The predicted octanol–water partition coefficient (Wildman–Crippen LogP) is 2.54. The van der Waals surface area contributed by atoms with E-state index in [1.165, 1.54) is 6.07 Å². The van der Waals surface area contributed by atoms with Crippen molar-refractivity contribution in [1.82, 2.24) is 0 Å².